The summed E-state index contributed by atoms with van der Waals surface area (Å²) in [4.78, 5) is 18.8. The molecule has 0 spiro atoms. The van der Waals surface area contributed by atoms with Crippen molar-refractivity contribution >= 4 is 16.9 Å². The van der Waals surface area contributed by atoms with Gasteiger partial charge in [-0.25, -0.2) is 4.98 Å². The number of H-pyrrole nitrogens is 1. The largest absolute Gasteiger partial charge is 0.382 e. The predicted octanol–water partition coefficient (Wildman–Crippen LogP) is 0.998. The Morgan fingerprint density at radius 2 is 2.11 bits per heavy atom. The van der Waals surface area contributed by atoms with E-state index in [9.17, 15) is 4.79 Å². The Hall–Kier alpha value is -1.92. The van der Waals surface area contributed by atoms with E-state index in [1.165, 1.54) is 0 Å². The highest BCUT2D eigenvalue weighted by Crippen LogP contribution is 2.07. The Labute approximate surface area is 110 Å². The highest BCUT2D eigenvalue weighted by Gasteiger charge is 2.01. The second-order valence-corrected chi connectivity index (χ2v) is 3.96. The molecule has 6 heteroatoms. The number of nitrogens with zero attached hydrogens (tertiary/aromatic N) is 1. The topological polar surface area (TPSA) is 76.2 Å². The van der Waals surface area contributed by atoms with Crippen LogP contribution in [0.25, 0.3) is 10.9 Å². The number of rotatable bonds is 7. The van der Waals surface area contributed by atoms with Crippen LogP contribution in [-0.2, 0) is 9.47 Å². The van der Waals surface area contributed by atoms with Crippen molar-refractivity contribution in [1.82, 2.24) is 9.97 Å². The van der Waals surface area contributed by atoms with E-state index in [1.807, 2.05) is 18.2 Å². The minimum Gasteiger partial charge on any atom is -0.382 e. The van der Waals surface area contributed by atoms with Crippen LogP contribution < -0.4 is 10.9 Å². The lowest BCUT2D eigenvalue weighted by molar-refractivity contribution is 0.0759. The molecule has 0 aliphatic carbocycles. The van der Waals surface area contributed by atoms with Crippen LogP contribution in [0.5, 0.6) is 0 Å². The van der Waals surface area contributed by atoms with E-state index in [1.54, 1.807) is 13.2 Å². The number of anilines is 1. The summed E-state index contributed by atoms with van der Waals surface area (Å²) >= 11 is 0. The fourth-order valence-corrected chi connectivity index (χ4v) is 1.66. The molecule has 0 bridgehead atoms. The molecule has 0 aliphatic rings. The molecule has 6 nitrogen and oxygen atoms in total. The summed E-state index contributed by atoms with van der Waals surface area (Å²) in [5.74, 6) is 0.457. The minimum absolute atomic E-state index is 0.145. The molecule has 1 heterocycles. The van der Waals surface area contributed by atoms with Crippen molar-refractivity contribution in [2.75, 3.05) is 38.8 Å². The van der Waals surface area contributed by atoms with Gasteiger partial charge in [0.15, 0.2) is 0 Å². The SMILES string of the molecule is COCCOCCNc1nc2ccccc2c(=O)[nH]1. The van der Waals surface area contributed by atoms with Crippen LogP contribution in [0.2, 0.25) is 0 Å². The number of ether oxygens (including phenoxy) is 2. The molecule has 2 N–H and O–H groups in total. The molecule has 0 saturated carbocycles. The average Bonchev–Trinajstić information content (AvgIpc) is 2.43. The first-order chi connectivity index (χ1) is 9.31. The summed E-state index contributed by atoms with van der Waals surface area (Å²) in [6, 6.07) is 7.23. The lowest BCUT2D eigenvalue weighted by atomic mass is 10.2. The molecule has 1 aromatic carbocycles. The van der Waals surface area contributed by atoms with Crippen molar-refractivity contribution in [3.8, 4) is 0 Å². The second kappa shape index (κ2) is 6.86. The normalized spacial score (nSPS) is 10.8. The number of nitrogens with one attached hydrogen (secondary N) is 2. The monoisotopic (exact) mass is 263 g/mol. The minimum atomic E-state index is -0.145. The zero-order valence-electron chi connectivity index (χ0n) is 10.8. The summed E-state index contributed by atoms with van der Waals surface area (Å²) in [6.07, 6.45) is 0. The second-order valence-electron chi connectivity index (χ2n) is 3.96. The molecule has 0 unspecified atom stereocenters. The van der Waals surface area contributed by atoms with Crippen LogP contribution in [-0.4, -0.2) is 43.4 Å². The van der Waals surface area contributed by atoms with E-state index in [0.29, 0.717) is 43.2 Å². The third-order valence-electron chi connectivity index (χ3n) is 2.58. The van der Waals surface area contributed by atoms with Crippen molar-refractivity contribution in [2.24, 2.45) is 0 Å². The van der Waals surface area contributed by atoms with E-state index in [4.69, 9.17) is 9.47 Å². The number of benzene rings is 1. The average molecular weight is 263 g/mol. The summed E-state index contributed by atoms with van der Waals surface area (Å²) < 4.78 is 10.2. The number of methoxy groups -OCH3 is 1. The first kappa shape index (κ1) is 13.5. The molecule has 2 aromatic rings. The van der Waals surface area contributed by atoms with Gasteiger partial charge in [-0.1, -0.05) is 12.1 Å². The quantitative estimate of drug-likeness (QED) is 0.729. The summed E-state index contributed by atoms with van der Waals surface area (Å²) in [7, 11) is 1.63. The molecule has 102 valence electrons. The number of hydrogen-bond acceptors (Lipinski definition) is 5. The van der Waals surface area contributed by atoms with Crippen LogP contribution in [0.1, 0.15) is 0 Å². The van der Waals surface area contributed by atoms with Crippen LogP contribution in [0, 0.1) is 0 Å². The standard InChI is InChI=1S/C13H17N3O3/c1-18-8-9-19-7-6-14-13-15-11-5-3-2-4-10(11)12(17)16-13/h2-5H,6-9H2,1H3,(H2,14,15,16,17). The van der Waals surface area contributed by atoms with Crippen LogP contribution in [0.4, 0.5) is 5.95 Å². The van der Waals surface area contributed by atoms with Crippen molar-refractivity contribution < 1.29 is 9.47 Å². The molecule has 0 saturated heterocycles. The van der Waals surface area contributed by atoms with Crippen molar-refractivity contribution in [2.45, 2.75) is 0 Å². The Bertz CT molecular complexity index is 583. The van der Waals surface area contributed by atoms with Gasteiger partial charge in [0.25, 0.3) is 5.56 Å². The molecule has 1 aromatic heterocycles. The van der Waals surface area contributed by atoms with Gasteiger partial charge in [0.2, 0.25) is 5.95 Å². The molecule has 2 rings (SSSR count). The maximum atomic E-state index is 11.8. The van der Waals surface area contributed by atoms with Gasteiger partial charge in [0.05, 0.1) is 30.7 Å². The van der Waals surface area contributed by atoms with E-state index in [0.717, 1.165) is 0 Å². The highest BCUT2D eigenvalue weighted by atomic mass is 16.5. The zero-order chi connectivity index (χ0) is 13.5. The van der Waals surface area contributed by atoms with E-state index in [2.05, 4.69) is 15.3 Å². The van der Waals surface area contributed by atoms with Crippen molar-refractivity contribution in [3.63, 3.8) is 0 Å². The summed E-state index contributed by atoms with van der Waals surface area (Å²) in [6.45, 7) is 2.23. The molecular formula is C13H17N3O3. The lowest BCUT2D eigenvalue weighted by Crippen LogP contribution is -2.17. The number of fused-ring (bicyclic) bond motifs is 1. The van der Waals surface area contributed by atoms with Gasteiger partial charge in [0, 0.05) is 13.7 Å². The number of para-hydroxylation sites is 1. The summed E-state index contributed by atoms with van der Waals surface area (Å²) in [5.41, 5.74) is 0.530. The van der Waals surface area contributed by atoms with Crippen LogP contribution in [0.3, 0.4) is 0 Å². The van der Waals surface area contributed by atoms with Gasteiger partial charge < -0.3 is 14.8 Å². The van der Waals surface area contributed by atoms with E-state index in [-0.39, 0.29) is 5.56 Å². The molecule has 0 aliphatic heterocycles. The third-order valence-corrected chi connectivity index (χ3v) is 2.58. The Balaban J connectivity index is 1.92. The van der Waals surface area contributed by atoms with Gasteiger partial charge in [0.1, 0.15) is 0 Å². The predicted molar refractivity (Wildman–Crippen MR) is 73.5 cm³/mol. The van der Waals surface area contributed by atoms with Gasteiger partial charge in [-0.3, -0.25) is 9.78 Å². The third kappa shape index (κ3) is 3.77. The van der Waals surface area contributed by atoms with Crippen molar-refractivity contribution in [3.05, 3.63) is 34.6 Å². The molecule has 0 atom stereocenters. The van der Waals surface area contributed by atoms with E-state index >= 15 is 0 Å². The first-order valence-electron chi connectivity index (χ1n) is 6.11. The lowest BCUT2D eigenvalue weighted by Gasteiger charge is -2.07. The maximum absolute atomic E-state index is 11.8. The summed E-state index contributed by atoms with van der Waals surface area (Å²) in [5, 5.41) is 3.61. The first-order valence-corrected chi connectivity index (χ1v) is 6.11. The van der Waals surface area contributed by atoms with Crippen LogP contribution in [0.15, 0.2) is 29.1 Å². The maximum Gasteiger partial charge on any atom is 0.260 e. The smallest absolute Gasteiger partial charge is 0.260 e. The van der Waals surface area contributed by atoms with Crippen molar-refractivity contribution in [1.29, 1.82) is 0 Å². The van der Waals surface area contributed by atoms with Crippen LogP contribution >= 0.6 is 0 Å². The molecular weight excluding hydrogens is 246 g/mol. The number of aromatic nitrogens is 2. The van der Waals surface area contributed by atoms with Gasteiger partial charge >= 0.3 is 0 Å². The van der Waals surface area contributed by atoms with Gasteiger partial charge in [-0.15, -0.1) is 0 Å². The molecule has 19 heavy (non-hydrogen) atoms. The molecule has 0 amide bonds. The number of hydrogen-bond donors (Lipinski definition) is 2. The van der Waals surface area contributed by atoms with E-state index < -0.39 is 0 Å². The Morgan fingerprint density at radius 1 is 1.26 bits per heavy atom. The fraction of sp³-hybridized carbons (Fsp3) is 0.385. The Morgan fingerprint density at radius 3 is 2.95 bits per heavy atom. The molecule has 0 radical (unpaired) electrons. The van der Waals surface area contributed by atoms with Gasteiger partial charge in [-0.2, -0.15) is 0 Å². The number of aromatic amines is 1. The highest BCUT2D eigenvalue weighted by molar-refractivity contribution is 5.78. The van der Waals surface area contributed by atoms with Gasteiger partial charge in [-0.05, 0) is 12.1 Å². The fourth-order valence-electron chi connectivity index (χ4n) is 1.66. The zero-order valence-corrected chi connectivity index (χ0v) is 10.8. The Kier molecular flexibility index (Phi) is 4.88. The molecule has 0 fully saturated rings.